The van der Waals surface area contributed by atoms with E-state index in [4.69, 9.17) is 5.53 Å². The van der Waals surface area contributed by atoms with Crippen molar-refractivity contribution in [3.63, 3.8) is 0 Å². The number of aryl methyl sites for hydroxylation is 1. The summed E-state index contributed by atoms with van der Waals surface area (Å²) in [6.45, 7) is 4.83. The van der Waals surface area contributed by atoms with Gasteiger partial charge < -0.3 is 41.1 Å². The smallest absolute Gasteiger partial charge is 0.241 e. The third kappa shape index (κ3) is 26.3. The van der Waals surface area contributed by atoms with Crippen molar-refractivity contribution in [1.82, 2.24) is 31.3 Å². The second kappa shape index (κ2) is 43.2. The molecule has 0 aliphatic carbocycles. The van der Waals surface area contributed by atoms with Gasteiger partial charge in [-0.15, -0.1) is 0 Å². The lowest BCUT2D eigenvalue weighted by atomic mass is 9.76. The van der Waals surface area contributed by atoms with Gasteiger partial charge in [-0.2, -0.15) is 0 Å². The Bertz CT molecular complexity index is 4420. The van der Waals surface area contributed by atoms with E-state index in [1.807, 2.05) is 153 Å². The first-order valence-electron chi connectivity index (χ1n) is 37.2. The van der Waals surface area contributed by atoms with Gasteiger partial charge in [0.05, 0.1) is 36.0 Å². The molecule has 0 bridgehead atoms. The van der Waals surface area contributed by atoms with Gasteiger partial charge in [0.2, 0.25) is 39.6 Å². The number of benzene rings is 7. The number of fused-ring (bicyclic) bond motifs is 1. The molecule has 580 valence electrons. The number of rotatable bonds is 48. The first kappa shape index (κ1) is 86.1. The highest BCUT2D eigenvalue weighted by molar-refractivity contribution is 7.89. The minimum atomic E-state index is -4.03. The minimum Gasteiger partial charge on any atom is -0.377 e. The van der Waals surface area contributed by atoms with Crippen molar-refractivity contribution in [3.05, 3.63) is 226 Å². The van der Waals surface area contributed by atoms with E-state index in [0.29, 0.717) is 27.6 Å². The van der Waals surface area contributed by atoms with E-state index in [9.17, 15) is 51.6 Å². The maximum absolute atomic E-state index is 15.4. The number of hydrogen-bond donors (Lipinski definition) is 6. The fourth-order valence-corrected chi connectivity index (χ4v) is 14.7. The number of amides is 5. The van der Waals surface area contributed by atoms with Crippen molar-refractivity contribution >= 4 is 96.5 Å². The van der Waals surface area contributed by atoms with Crippen molar-refractivity contribution in [2.24, 2.45) is 28.8 Å². The predicted octanol–water partition coefficient (Wildman–Crippen LogP) is 10.6. The molecule has 6 atom stereocenters. The van der Waals surface area contributed by atoms with E-state index >= 15 is 14.4 Å². The monoisotopic (exact) mass is 1520 g/mol. The number of nitrogens with zero attached hydrogens (tertiary/aromatic N) is 4. The van der Waals surface area contributed by atoms with Crippen LogP contribution >= 0.6 is 0 Å². The molecule has 0 saturated carbocycles. The van der Waals surface area contributed by atoms with Gasteiger partial charge in [0, 0.05) is 124 Å². The molecule has 6 N–H and O–H groups in total. The lowest BCUT2D eigenvalue weighted by Crippen LogP contribution is -2.51. The Kier molecular flexibility index (Phi) is 33.8. The SMILES string of the molecule is CCC(=O)[C@H](CCCCNS(=O)(=O)c1cccc2c(N(C)C)cccc12)NC(=O)[C@@H](CC(=O)NC(c1ccccc1)(c1ccccc1)c1ccccc1)CC(=O)[C@H](Cc1ccccc1)NC(=O)[C@@H](CCC(C)=O)CC(=O)CNC(=O)[C@@H](CCC(C)=O)CC(=O)CNC(=O)[C@H](CC(=O)CCN=[N+]=[N-])Cc1ccc(C)cc1. The van der Waals surface area contributed by atoms with Crippen molar-refractivity contribution in [2.75, 3.05) is 45.2 Å². The zero-order valence-electron chi connectivity index (χ0n) is 63.3. The van der Waals surface area contributed by atoms with E-state index < -0.39 is 137 Å². The van der Waals surface area contributed by atoms with Crippen molar-refractivity contribution in [1.29, 1.82) is 0 Å². The Balaban J connectivity index is 1.11. The number of carbonyl (C=O) groups is 12. The molecule has 7 aromatic carbocycles. The lowest BCUT2D eigenvalue weighted by molar-refractivity contribution is -0.137. The van der Waals surface area contributed by atoms with Gasteiger partial charge in [-0.3, -0.25) is 47.9 Å². The summed E-state index contributed by atoms with van der Waals surface area (Å²) >= 11 is 0. The summed E-state index contributed by atoms with van der Waals surface area (Å²) in [5.74, 6) is -11.8. The fraction of sp³-hybridized carbons (Fsp3) is 0.388. The molecule has 0 aliphatic rings. The number of anilines is 1. The van der Waals surface area contributed by atoms with Crippen molar-refractivity contribution in [2.45, 2.75) is 153 Å². The summed E-state index contributed by atoms with van der Waals surface area (Å²) in [6, 6.07) is 51.5. The van der Waals surface area contributed by atoms with Crippen LogP contribution in [0.2, 0.25) is 0 Å². The van der Waals surface area contributed by atoms with Gasteiger partial charge in [0.15, 0.2) is 23.1 Å². The number of unbranched alkanes of at least 4 members (excludes halogenated alkanes) is 1. The highest BCUT2D eigenvalue weighted by Crippen LogP contribution is 2.38. The summed E-state index contributed by atoms with van der Waals surface area (Å²) in [4.78, 5) is 173. The van der Waals surface area contributed by atoms with Crippen LogP contribution in [0.5, 0.6) is 0 Å². The normalized spacial score (nSPS) is 13.0. The van der Waals surface area contributed by atoms with Crippen LogP contribution in [0.15, 0.2) is 192 Å². The predicted molar refractivity (Wildman–Crippen MR) is 420 cm³/mol. The molecule has 0 saturated heterocycles. The first-order chi connectivity index (χ1) is 52.7. The summed E-state index contributed by atoms with van der Waals surface area (Å²) in [6.07, 6.45) is -2.64. The van der Waals surface area contributed by atoms with Gasteiger partial charge >= 0.3 is 0 Å². The summed E-state index contributed by atoms with van der Waals surface area (Å²) < 4.78 is 30.4. The summed E-state index contributed by atoms with van der Waals surface area (Å²) in [5.41, 5.74) is 12.5. The highest BCUT2D eigenvalue weighted by atomic mass is 32.2. The average molecular weight is 1520 g/mol. The Morgan fingerprint density at radius 3 is 1.52 bits per heavy atom. The van der Waals surface area contributed by atoms with Crippen LogP contribution < -0.4 is 36.2 Å². The lowest BCUT2D eigenvalue weighted by Gasteiger charge is -2.37. The molecular formula is C85H100N10O14S. The largest absolute Gasteiger partial charge is 0.377 e. The third-order valence-electron chi connectivity index (χ3n) is 19.4. The summed E-state index contributed by atoms with van der Waals surface area (Å²) in [5, 5.41) is 18.8. The highest BCUT2D eigenvalue weighted by Gasteiger charge is 2.41. The number of ketones is 7. The molecule has 110 heavy (non-hydrogen) atoms. The molecule has 24 nitrogen and oxygen atoms in total. The Labute approximate surface area is 643 Å². The Hall–Kier alpha value is -11.1. The van der Waals surface area contributed by atoms with E-state index in [1.54, 1.807) is 55.5 Å². The van der Waals surface area contributed by atoms with Crippen molar-refractivity contribution < 1.29 is 66.0 Å². The van der Waals surface area contributed by atoms with Gasteiger partial charge in [-0.1, -0.05) is 187 Å². The second-order valence-electron chi connectivity index (χ2n) is 28.1. The number of carbonyl (C=O) groups excluding carboxylic acids is 12. The van der Waals surface area contributed by atoms with Crippen LogP contribution in [0.1, 0.15) is 144 Å². The number of hydrogen-bond acceptors (Lipinski definition) is 16. The van der Waals surface area contributed by atoms with Crippen LogP contribution in [-0.4, -0.2) is 131 Å². The number of azide groups is 1. The molecule has 7 aromatic rings. The number of Topliss-reactive ketones (excluding diaryl/α,β-unsaturated/α-hetero) is 7. The van der Waals surface area contributed by atoms with Crippen LogP contribution in [-0.2, 0) is 85.9 Å². The quantitative estimate of drug-likeness (QED) is 0.00679. The maximum Gasteiger partial charge on any atom is 0.241 e. The van der Waals surface area contributed by atoms with Crippen LogP contribution in [0.25, 0.3) is 21.2 Å². The van der Waals surface area contributed by atoms with Gasteiger partial charge in [0.25, 0.3) is 0 Å². The van der Waals surface area contributed by atoms with Crippen molar-refractivity contribution in [3.8, 4) is 0 Å². The van der Waals surface area contributed by atoms with Crippen LogP contribution in [0.4, 0.5) is 5.69 Å². The van der Waals surface area contributed by atoms with Gasteiger partial charge in [-0.05, 0) is 111 Å². The molecule has 0 radical (unpaired) electrons. The topological polar surface area (TPSA) is 363 Å². The zero-order chi connectivity index (χ0) is 79.8. The molecule has 0 aromatic heterocycles. The van der Waals surface area contributed by atoms with E-state index in [2.05, 4.69) is 41.3 Å². The number of nitrogens with one attached hydrogen (secondary N) is 6. The standard InChI is InChI=1S/C85H100N10O14S/c1-7-77(101)74(34-20-21-46-90-110(108,109)79-36-23-32-72-73(79)33-22-35-76(72)95(5)6)91-84(107)65(54-80(103)93-85(66-26-14-9-15-27-66,67-28-16-10-17-29-67)68-30-18-11-19-31-68)53-78(102)75(49-60-24-12-8-13-25-60)92-83(106)63(44-40-59(4)97)51-71(100)55-87-81(104)62(43-39-58(3)96)50-70(99)56-88-82(105)64(52-69(98)45-47-89-94-86)48-61-41-37-57(2)38-42-61/h8-19,22-33,35-38,41-42,62-65,74-75,90H,7,20-21,34,39-40,43-56H2,1-6H3,(H,87,104)(H,88,105)(H,91,107)(H,92,106)(H,93,103)/t62-,63-,64-,65+,74-,75-/m0/s1. The molecule has 0 heterocycles. The fourth-order valence-electron chi connectivity index (χ4n) is 13.4. The Morgan fingerprint density at radius 2 is 0.982 bits per heavy atom. The molecule has 0 unspecified atom stereocenters. The molecule has 0 fully saturated rings. The van der Waals surface area contributed by atoms with Crippen LogP contribution in [0.3, 0.4) is 0 Å². The van der Waals surface area contributed by atoms with E-state index in [0.717, 1.165) is 22.2 Å². The number of sulfonamides is 1. The second-order valence-corrected chi connectivity index (χ2v) is 29.9. The summed E-state index contributed by atoms with van der Waals surface area (Å²) in [7, 11) is -0.299. The molecule has 0 spiro atoms. The maximum atomic E-state index is 15.4. The van der Waals surface area contributed by atoms with Crippen LogP contribution in [0, 0.1) is 30.6 Å². The van der Waals surface area contributed by atoms with Gasteiger partial charge in [-0.25, -0.2) is 13.1 Å². The molecule has 5 amide bonds. The molecule has 0 aliphatic heterocycles. The van der Waals surface area contributed by atoms with Gasteiger partial charge in [0.1, 0.15) is 22.9 Å². The molecular weight excluding hydrogens is 1420 g/mol. The van der Waals surface area contributed by atoms with E-state index in [-0.39, 0.29) is 118 Å². The Morgan fingerprint density at radius 1 is 0.491 bits per heavy atom. The third-order valence-corrected chi connectivity index (χ3v) is 20.9. The minimum absolute atomic E-state index is 0.0151. The zero-order valence-corrected chi connectivity index (χ0v) is 64.2. The molecule has 7 rings (SSSR count). The molecule has 25 heteroatoms. The average Bonchev–Trinajstić information content (AvgIpc) is 0.752. The first-order valence-corrected chi connectivity index (χ1v) is 38.7. The van der Waals surface area contributed by atoms with E-state index in [1.165, 1.54) is 19.9 Å².